The van der Waals surface area contributed by atoms with Crippen LogP contribution in [0, 0.1) is 5.82 Å². The van der Waals surface area contributed by atoms with E-state index in [4.69, 9.17) is 0 Å². The Morgan fingerprint density at radius 1 is 1.47 bits per heavy atom. The highest BCUT2D eigenvalue weighted by atomic mass is 79.9. The molecule has 1 amide bonds. The van der Waals surface area contributed by atoms with Gasteiger partial charge in [-0.15, -0.1) is 0 Å². The molecular weight excluding hydrogens is 287 g/mol. The molecule has 0 saturated carbocycles. The summed E-state index contributed by atoms with van der Waals surface area (Å²) in [6, 6.07) is 4.54. The van der Waals surface area contributed by atoms with Gasteiger partial charge in [-0.1, -0.05) is 0 Å². The minimum Gasteiger partial charge on any atom is -0.384 e. The summed E-state index contributed by atoms with van der Waals surface area (Å²) in [5, 5.41) is 5.80. The van der Waals surface area contributed by atoms with Crippen LogP contribution in [0.3, 0.4) is 0 Å². The van der Waals surface area contributed by atoms with Gasteiger partial charge >= 0.3 is 0 Å². The first-order valence-electron chi connectivity index (χ1n) is 5.47. The highest BCUT2D eigenvalue weighted by Gasteiger charge is 2.04. The average Bonchev–Trinajstić information content (AvgIpc) is 2.22. The van der Waals surface area contributed by atoms with Gasteiger partial charge in [0.1, 0.15) is 5.82 Å². The lowest BCUT2D eigenvalue weighted by Gasteiger charge is -2.10. The monoisotopic (exact) mass is 302 g/mol. The lowest BCUT2D eigenvalue weighted by atomic mass is 10.3. The highest BCUT2D eigenvalue weighted by Crippen LogP contribution is 2.22. The molecule has 2 N–H and O–H groups in total. The smallest absolute Gasteiger partial charge is 0.221 e. The van der Waals surface area contributed by atoms with Gasteiger partial charge in [0.15, 0.2) is 0 Å². The Morgan fingerprint density at radius 2 is 2.18 bits per heavy atom. The predicted octanol–water partition coefficient (Wildman–Crippen LogP) is 2.91. The first kappa shape index (κ1) is 14.0. The summed E-state index contributed by atoms with van der Waals surface area (Å²) in [5.74, 6) is -0.317. The summed E-state index contributed by atoms with van der Waals surface area (Å²) in [6.07, 6.45) is 0.362. The fourth-order valence-electron chi connectivity index (χ4n) is 1.34. The minimum atomic E-state index is -0.303. The Morgan fingerprint density at radius 3 is 2.82 bits per heavy atom. The second-order valence-corrected chi connectivity index (χ2v) is 4.88. The molecular formula is C12H16BrFN2O. The van der Waals surface area contributed by atoms with E-state index >= 15 is 0 Å². The van der Waals surface area contributed by atoms with Crippen molar-refractivity contribution in [1.29, 1.82) is 0 Å². The van der Waals surface area contributed by atoms with Crippen molar-refractivity contribution < 1.29 is 9.18 Å². The first-order chi connectivity index (χ1) is 7.99. The van der Waals surface area contributed by atoms with Crippen LogP contribution in [0.2, 0.25) is 0 Å². The maximum Gasteiger partial charge on any atom is 0.221 e. The Balaban J connectivity index is 2.40. The number of anilines is 1. The lowest BCUT2D eigenvalue weighted by Crippen LogP contribution is -2.31. The van der Waals surface area contributed by atoms with Crippen molar-refractivity contribution in [2.75, 3.05) is 11.9 Å². The molecule has 0 aliphatic heterocycles. The van der Waals surface area contributed by atoms with Gasteiger partial charge in [-0.25, -0.2) is 4.39 Å². The SMILES string of the molecule is CC(C)NC(=O)CCNc1cc(F)ccc1Br. The van der Waals surface area contributed by atoms with E-state index in [0.29, 0.717) is 18.7 Å². The largest absolute Gasteiger partial charge is 0.384 e. The molecule has 0 aliphatic rings. The van der Waals surface area contributed by atoms with E-state index in [2.05, 4.69) is 26.6 Å². The van der Waals surface area contributed by atoms with E-state index in [-0.39, 0.29) is 17.8 Å². The summed E-state index contributed by atoms with van der Waals surface area (Å²) in [6.45, 7) is 4.30. The Labute approximate surface area is 109 Å². The lowest BCUT2D eigenvalue weighted by molar-refractivity contribution is -0.121. The van der Waals surface area contributed by atoms with Crippen molar-refractivity contribution in [3.8, 4) is 0 Å². The molecule has 17 heavy (non-hydrogen) atoms. The number of rotatable bonds is 5. The van der Waals surface area contributed by atoms with E-state index < -0.39 is 0 Å². The van der Waals surface area contributed by atoms with Crippen LogP contribution < -0.4 is 10.6 Å². The summed E-state index contributed by atoms with van der Waals surface area (Å²) in [5.41, 5.74) is 0.655. The zero-order valence-corrected chi connectivity index (χ0v) is 11.5. The normalized spacial score (nSPS) is 10.4. The molecule has 0 spiro atoms. The molecule has 3 nitrogen and oxygen atoms in total. The topological polar surface area (TPSA) is 41.1 Å². The van der Waals surface area contributed by atoms with Crippen LogP contribution >= 0.6 is 15.9 Å². The van der Waals surface area contributed by atoms with Crippen LogP contribution in [0.25, 0.3) is 0 Å². The van der Waals surface area contributed by atoms with Gasteiger partial charge in [-0.05, 0) is 48.0 Å². The molecule has 0 saturated heterocycles. The van der Waals surface area contributed by atoms with E-state index in [1.807, 2.05) is 13.8 Å². The molecule has 94 valence electrons. The van der Waals surface area contributed by atoms with Crippen LogP contribution in [-0.2, 0) is 4.79 Å². The summed E-state index contributed by atoms with van der Waals surface area (Å²) < 4.78 is 13.7. The number of halogens is 2. The third-order valence-electron chi connectivity index (χ3n) is 2.05. The zero-order chi connectivity index (χ0) is 12.8. The number of hydrogen-bond acceptors (Lipinski definition) is 2. The average molecular weight is 303 g/mol. The molecule has 0 bridgehead atoms. The third-order valence-corrected chi connectivity index (χ3v) is 2.74. The van der Waals surface area contributed by atoms with E-state index in [0.717, 1.165) is 4.47 Å². The van der Waals surface area contributed by atoms with Crippen LogP contribution in [0.1, 0.15) is 20.3 Å². The quantitative estimate of drug-likeness (QED) is 0.878. The van der Waals surface area contributed by atoms with Crippen molar-refractivity contribution in [2.45, 2.75) is 26.3 Å². The van der Waals surface area contributed by atoms with Gasteiger partial charge in [0.25, 0.3) is 0 Å². The summed E-state index contributed by atoms with van der Waals surface area (Å²) in [4.78, 5) is 11.4. The molecule has 0 heterocycles. The minimum absolute atomic E-state index is 0.0139. The van der Waals surface area contributed by atoms with Crippen molar-refractivity contribution >= 4 is 27.5 Å². The standard InChI is InChI=1S/C12H16BrFN2O/c1-8(2)16-12(17)5-6-15-11-7-9(14)3-4-10(11)13/h3-4,7-8,15H,5-6H2,1-2H3,(H,16,17). The van der Waals surface area contributed by atoms with Gasteiger partial charge in [-0.2, -0.15) is 0 Å². The van der Waals surface area contributed by atoms with Crippen LogP contribution in [0.5, 0.6) is 0 Å². The van der Waals surface area contributed by atoms with Crippen molar-refractivity contribution in [3.05, 3.63) is 28.5 Å². The van der Waals surface area contributed by atoms with Crippen LogP contribution in [-0.4, -0.2) is 18.5 Å². The van der Waals surface area contributed by atoms with Crippen molar-refractivity contribution in [2.24, 2.45) is 0 Å². The second kappa shape index (κ2) is 6.59. The predicted molar refractivity (Wildman–Crippen MR) is 70.5 cm³/mol. The maximum absolute atomic E-state index is 13.0. The molecule has 1 aromatic rings. The number of carbonyl (C=O) groups excluding carboxylic acids is 1. The summed E-state index contributed by atoms with van der Waals surface area (Å²) >= 11 is 3.31. The van der Waals surface area contributed by atoms with Crippen LogP contribution in [0.15, 0.2) is 22.7 Å². The molecule has 1 rings (SSSR count). The number of amides is 1. The Bertz CT molecular complexity index is 396. The van der Waals surface area contributed by atoms with E-state index in [9.17, 15) is 9.18 Å². The van der Waals surface area contributed by atoms with Gasteiger partial charge < -0.3 is 10.6 Å². The molecule has 1 aromatic carbocycles. The molecule has 0 aliphatic carbocycles. The molecule has 0 unspecified atom stereocenters. The summed E-state index contributed by atoms with van der Waals surface area (Å²) in [7, 11) is 0. The number of benzene rings is 1. The molecule has 0 radical (unpaired) electrons. The van der Waals surface area contributed by atoms with E-state index in [1.165, 1.54) is 12.1 Å². The van der Waals surface area contributed by atoms with Gasteiger partial charge in [0.2, 0.25) is 5.91 Å². The first-order valence-corrected chi connectivity index (χ1v) is 6.26. The Kier molecular flexibility index (Phi) is 5.41. The highest BCUT2D eigenvalue weighted by molar-refractivity contribution is 9.10. The van der Waals surface area contributed by atoms with Crippen molar-refractivity contribution in [3.63, 3.8) is 0 Å². The fourth-order valence-corrected chi connectivity index (χ4v) is 1.72. The molecule has 0 atom stereocenters. The number of carbonyl (C=O) groups is 1. The molecule has 0 fully saturated rings. The molecule has 0 aromatic heterocycles. The number of nitrogens with one attached hydrogen (secondary N) is 2. The second-order valence-electron chi connectivity index (χ2n) is 4.02. The zero-order valence-electron chi connectivity index (χ0n) is 9.89. The number of hydrogen-bond donors (Lipinski definition) is 2. The Hall–Kier alpha value is -1.10. The van der Waals surface area contributed by atoms with Gasteiger partial charge in [0, 0.05) is 23.5 Å². The fraction of sp³-hybridized carbons (Fsp3) is 0.417. The van der Waals surface area contributed by atoms with E-state index in [1.54, 1.807) is 6.07 Å². The van der Waals surface area contributed by atoms with Gasteiger partial charge in [-0.3, -0.25) is 4.79 Å². The molecule has 5 heteroatoms. The van der Waals surface area contributed by atoms with Gasteiger partial charge in [0.05, 0.1) is 5.69 Å². The third kappa shape index (κ3) is 5.17. The van der Waals surface area contributed by atoms with Crippen molar-refractivity contribution in [1.82, 2.24) is 5.32 Å². The maximum atomic E-state index is 13.0. The van der Waals surface area contributed by atoms with Crippen LogP contribution in [0.4, 0.5) is 10.1 Å².